The minimum absolute atomic E-state index is 0. The Morgan fingerprint density at radius 1 is 0.462 bits per heavy atom. The van der Waals surface area contributed by atoms with Gasteiger partial charge in [-0.2, -0.15) is 0 Å². The van der Waals surface area contributed by atoms with Gasteiger partial charge in [-0.05, 0) is 0 Å². The molecule has 0 spiro atoms. The van der Waals surface area contributed by atoms with Crippen LogP contribution in [0.25, 0.3) is 54.6 Å². The molecule has 0 unspecified atom stereocenters. The Kier molecular flexibility index (Phi) is 14.8. The summed E-state index contributed by atoms with van der Waals surface area (Å²) in [7, 11) is -1.78. The summed E-state index contributed by atoms with van der Waals surface area (Å²) in [6.07, 6.45) is 0. The fourth-order valence-corrected chi connectivity index (χ4v) is 3.90. The molecule has 6 aromatic rings. The van der Waals surface area contributed by atoms with Crippen LogP contribution in [0.5, 0.6) is 0 Å². The Morgan fingerprint density at radius 2 is 0.744 bits per heavy atom. The maximum absolute atomic E-state index is 6.72. The van der Waals surface area contributed by atoms with Gasteiger partial charge >= 0.3 is 0 Å². The SMILES string of the molecule is C[SiH](C)[NH-].C[SiH](C)[NH-].[Nd].c1ccc(-c2cc3ccccc3[cH-]2)cc1.c1ccc(-c2cc3ccccc3[cH-]2)cc1. The van der Waals surface area contributed by atoms with E-state index in [0.717, 1.165) is 0 Å². The molecule has 0 aliphatic rings. The second-order valence-electron chi connectivity index (χ2n) is 9.79. The van der Waals surface area contributed by atoms with Crippen LogP contribution in [0, 0.1) is 40.8 Å². The zero-order valence-electron chi connectivity index (χ0n) is 23.4. The summed E-state index contributed by atoms with van der Waals surface area (Å²) < 4.78 is 0. The molecule has 200 valence electrons. The molecule has 0 aromatic heterocycles. The molecule has 0 aliphatic heterocycles. The van der Waals surface area contributed by atoms with Gasteiger partial charge < -0.3 is 10.8 Å². The van der Waals surface area contributed by atoms with Crippen molar-refractivity contribution in [2.75, 3.05) is 0 Å². The van der Waals surface area contributed by atoms with Crippen LogP contribution in [0.2, 0.25) is 26.2 Å². The van der Waals surface area contributed by atoms with E-state index in [1.165, 1.54) is 43.8 Å². The molecule has 0 radical (unpaired) electrons. The Bertz CT molecular complexity index is 1300. The van der Waals surface area contributed by atoms with Crippen molar-refractivity contribution >= 4 is 39.5 Å². The van der Waals surface area contributed by atoms with Crippen LogP contribution in [-0.4, -0.2) is 17.9 Å². The second-order valence-corrected chi connectivity index (χ2v) is 14.4. The van der Waals surface area contributed by atoms with E-state index < -0.39 is 17.9 Å². The van der Waals surface area contributed by atoms with E-state index in [1.807, 2.05) is 38.3 Å². The molecular weight excluding hydrogens is 637 g/mol. The van der Waals surface area contributed by atoms with Gasteiger partial charge in [0.2, 0.25) is 0 Å². The summed E-state index contributed by atoms with van der Waals surface area (Å²) in [4.78, 5) is 0. The van der Waals surface area contributed by atoms with Crippen molar-refractivity contribution in [2.45, 2.75) is 26.2 Å². The Hall–Kier alpha value is -2.20. The minimum atomic E-state index is -0.889. The van der Waals surface area contributed by atoms with Gasteiger partial charge in [0.05, 0.1) is 0 Å². The molecule has 5 heteroatoms. The monoisotopic (exact) mass is 672 g/mol. The van der Waals surface area contributed by atoms with Crippen LogP contribution in [0.4, 0.5) is 0 Å². The van der Waals surface area contributed by atoms with Crippen LogP contribution in [0.3, 0.4) is 0 Å². The second kappa shape index (κ2) is 17.5. The zero-order chi connectivity index (χ0) is 27.3. The van der Waals surface area contributed by atoms with Crippen molar-refractivity contribution in [1.29, 1.82) is 0 Å². The fraction of sp³-hybridized carbons (Fsp3) is 0.118. The smallest absolute Gasteiger partial charge is 0 e. The van der Waals surface area contributed by atoms with E-state index in [1.54, 1.807) is 0 Å². The molecule has 0 heterocycles. The third-order valence-corrected chi connectivity index (χ3v) is 5.45. The number of nitrogens with one attached hydrogen (secondary N) is 2. The van der Waals surface area contributed by atoms with Gasteiger partial charge in [0.15, 0.2) is 0 Å². The average molecular weight is 675 g/mol. The van der Waals surface area contributed by atoms with Crippen LogP contribution in [-0.2, 0) is 0 Å². The summed E-state index contributed by atoms with van der Waals surface area (Å²) in [6.45, 7) is 7.89. The molecule has 39 heavy (non-hydrogen) atoms. The van der Waals surface area contributed by atoms with Gasteiger partial charge in [0, 0.05) is 40.8 Å². The largest absolute Gasteiger partial charge is 0.682 e. The number of rotatable bonds is 2. The molecule has 0 saturated heterocycles. The molecule has 0 amide bonds. The van der Waals surface area contributed by atoms with Crippen molar-refractivity contribution in [3.8, 4) is 22.3 Å². The predicted molar refractivity (Wildman–Crippen MR) is 176 cm³/mol. The van der Waals surface area contributed by atoms with E-state index in [9.17, 15) is 0 Å². The molecule has 0 bridgehead atoms. The molecule has 6 rings (SSSR count). The Morgan fingerprint density at radius 3 is 1.05 bits per heavy atom. The maximum Gasteiger partial charge on any atom is 0 e. The summed E-state index contributed by atoms with van der Waals surface area (Å²) in [5.74, 6) is 0. The van der Waals surface area contributed by atoms with Gasteiger partial charge in [-0.1, -0.05) is 152 Å². The van der Waals surface area contributed by atoms with Crippen LogP contribution < -0.4 is 0 Å². The van der Waals surface area contributed by atoms with E-state index >= 15 is 0 Å². The Balaban J connectivity index is 0.000000212. The van der Waals surface area contributed by atoms with E-state index in [4.69, 9.17) is 10.8 Å². The van der Waals surface area contributed by atoms with Gasteiger partial charge in [-0.3, -0.25) is 0 Å². The minimum Gasteiger partial charge on any atom is -0.682 e. The predicted octanol–water partition coefficient (Wildman–Crippen LogP) is 10.5. The van der Waals surface area contributed by atoms with Gasteiger partial charge in [0.1, 0.15) is 0 Å². The molecule has 0 aliphatic carbocycles. The third kappa shape index (κ3) is 11.4. The number of hydrogen-bond acceptors (Lipinski definition) is 0. The maximum atomic E-state index is 6.72. The van der Waals surface area contributed by atoms with Gasteiger partial charge in [-0.15, -0.1) is 69.1 Å². The molecule has 2 nitrogen and oxygen atoms in total. The number of fused-ring (bicyclic) bond motifs is 2. The number of benzene rings is 4. The first kappa shape index (κ1) is 33.0. The standard InChI is InChI=1S/2C15H11.2C2H8NSi.Nd/c2*1-2-6-12(7-3-1)15-10-13-8-4-5-9-14(13)11-15;2*1-4(2)3;/h2*1-11H;2*3-4H,1-2H3;/q4*-1;. The molecular formula is C34H38N2NdSi2-4. The van der Waals surface area contributed by atoms with Gasteiger partial charge in [0.25, 0.3) is 0 Å². The summed E-state index contributed by atoms with van der Waals surface area (Å²) in [5, 5.41) is 18.7. The van der Waals surface area contributed by atoms with Gasteiger partial charge in [-0.25, -0.2) is 0 Å². The molecule has 0 saturated carbocycles. The van der Waals surface area contributed by atoms with Crippen molar-refractivity contribution in [3.63, 3.8) is 0 Å². The molecule has 0 fully saturated rings. The first-order valence-corrected chi connectivity index (χ1v) is 18.9. The molecule has 6 aromatic carbocycles. The van der Waals surface area contributed by atoms with Crippen molar-refractivity contribution in [1.82, 2.24) is 0 Å². The van der Waals surface area contributed by atoms with E-state index in [2.05, 4.69) is 121 Å². The van der Waals surface area contributed by atoms with Crippen molar-refractivity contribution in [2.24, 2.45) is 0 Å². The van der Waals surface area contributed by atoms with Crippen LogP contribution in [0.1, 0.15) is 0 Å². The summed E-state index contributed by atoms with van der Waals surface area (Å²) >= 11 is 0. The van der Waals surface area contributed by atoms with E-state index in [-0.39, 0.29) is 40.8 Å². The van der Waals surface area contributed by atoms with Crippen molar-refractivity contribution < 1.29 is 40.8 Å². The summed E-state index contributed by atoms with van der Waals surface area (Å²) in [5.41, 5.74) is 5.18. The quantitative estimate of drug-likeness (QED) is 0.130. The average Bonchev–Trinajstić information content (AvgIpc) is 3.54. The third-order valence-electron chi connectivity index (χ3n) is 5.45. The first-order valence-electron chi connectivity index (χ1n) is 13.2. The zero-order valence-corrected chi connectivity index (χ0v) is 28.9. The molecule has 0 atom stereocenters. The topological polar surface area (TPSA) is 47.6 Å². The normalized spacial score (nSPS) is 10.1. The number of hydrogen-bond donors (Lipinski definition) is 0. The Labute approximate surface area is 270 Å². The van der Waals surface area contributed by atoms with Crippen LogP contribution >= 0.6 is 0 Å². The fourth-order valence-electron chi connectivity index (χ4n) is 3.90. The van der Waals surface area contributed by atoms with E-state index in [0.29, 0.717) is 0 Å². The van der Waals surface area contributed by atoms with Crippen LogP contribution in [0.15, 0.2) is 133 Å². The summed E-state index contributed by atoms with van der Waals surface area (Å²) in [6, 6.07) is 46.9. The first-order chi connectivity index (χ1) is 18.3. The molecule has 2 N–H and O–H groups in total. The van der Waals surface area contributed by atoms with Crippen molar-refractivity contribution in [3.05, 3.63) is 144 Å².